The zero-order chi connectivity index (χ0) is 15.6. The molecule has 1 heterocycles. The highest BCUT2D eigenvalue weighted by atomic mass is 30.2. The van der Waals surface area contributed by atoms with Gasteiger partial charge >= 0.3 is 0 Å². The number of rotatable bonds is 1. The zero-order valence-corrected chi connectivity index (χ0v) is 19.9. The maximum absolute atomic E-state index is 2.82. The summed E-state index contributed by atoms with van der Waals surface area (Å²) in [5, 5.41) is 1.81. The van der Waals surface area contributed by atoms with Gasteiger partial charge in [0, 0.05) is 28.4 Å². The highest BCUT2D eigenvalue weighted by Gasteiger charge is 2.77. The van der Waals surface area contributed by atoms with Crippen molar-refractivity contribution in [1.29, 1.82) is 0 Å². The van der Waals surface area contributed by atoms with Crippen LogP contribution in [0.4, 0.5) is 0 Å². The smallest absolute Gasteiger partial charge is 0.0657 e. The van der Waals surface area contributed by atoms with Crippen LogP contribution in [0.1, 0.15) is 0 Å². The van der Waals surface area contributed by atoms with E-state index < -0.39 is 35.5 Å². The van der Waals surface area contributed by atoms with Gasteiger partial charge in [0.1, 0.15) is 0 Å². The van der Waals surface area contributed by atoms with Crippen LogP contribution in [0.3, 0.4) is 0 Å². The molecule has 1 aromatic carbocycles. The quantitative estimate of drug-likeness (QED) is 0.664. The molecular formula is C15H32Si5. The van der Waals surface area contributed by atoms with Crippen molar-refractivity contribution in [3.05, 3.63) is 30.3 Å². The van der Waals surface area contributed by atoms with Crippen molar-refractivity contribution in [3.63, 3.8) is 0 Å². The van der Waals surface area contributed by atoms with E-state index in [0.29, 0.717) is 0 Å². The Kier molecular flexibility index (Phi) is 3.67. The lowest BCUT2D eigenvalue weighted by molar-refractivity contribution is 1.74. The van der Waals surface area contributed by atoms with Crippen molar-refractivity contribution in [2.45, 2.75) is 58.9 Å². The van der Waals surface area contributed by atoms with Crippen LogP contribution in [0.15, 0.2) is 30.3 Å². The van der Waals surface area contributed by atoms with Crippen LogP contribution in [-0.4, -0.2) is 35.5 Å². The second-order valence-electron chi connectivity index (χ2n) is 8.99. The van der Waals surface area contributed by atoms with Gasteiger partial charge in [-0.2, -0.15) is 0 Å². The standard InChI is InChI=1S/C15H32Si5/c1-16(2)17(3,4)19(7,8)20(9,18(16,5)6)15-13-11-10-12-14-15/h10-14H,1-9H3. The minimum Gasteiger partial charge on any atom is -0.0735 e. The average Bonchev–Trinajstić information content (AvgIpc) is 2.41. The van der Waals surface area contributed by atoms with E-state index in [4.69, 9.17) is 0 Å². The van der Waals surface area contributed by atoms with Gasteiger partial charge < -0.3 is 0 Å². The normalized spacial score (nSPS) is 28.2. The Morgan fingerprint density at radius 2 is 0.850 bits per heavy atom. The van der Waals surface area contributed by atoms with Crippen LogP contribution >= 0.6 is 0 Å². The molecule has 1 aliphatic rings. The molecule has 0 aromatic heterocycles. The highest BCUT2D eigenvalue weighted by molar-refractivity contribution is 8.14. The van der Waals surface area contributed by atoms with Crippen molar-refractivity contribution in [3.8, 4) is 0 Å². The Balaban J connectivity index is 2.82. The van der Waals surface area contributed by atoms with Crippen LogP contribution in [0, 0.1) is 0 Å². The van der Waals surface area contributed by atoms with Crippen LogP contribution in [0.2, 0.25) is 58.9 Å². The predicted octanol–water partition coefficient (Wildman–Crippen LogP) is 4.21. The van der Waals surface area contributed by atoms with Crippen molar-refractivity contribution in [1.82, 2.24) is 0 Å². The van der Waals surface area contributed by atoms with Gasteiger partial charge in [0.05, 0.1) is 7.11 Å². The summed E-state index contributed by atoms with van der Waals surface area (Å²) in [6, 6.07) is 11.8. The molecule has 112 valence electrons. The molecule has 0 bridgehead atoms. The second-order valence-corrected chi connectivity index (χ2v) is 68.3. The molecule has 0 radical (unpaired) electrons. The number of hydrogen-bond acceptors (Lipinski definition) is 0. The van der Waals surface area contributed by atoms with Crippen LogP contribution < -0.4 is 5.19 Å². The molecule has 0 nitrogen and oxygen atoms in total. The average molecular weight is 353 g/mol. The SMILES string of the molecule is C[Si]1(C)[Si](C)(C)[Si](C)(C)[Si](C)(c2ccccc2)[Si]1(C)C. The fourth-order valence-electron chi connectivity index (χ4n) is 5.09. The monoisotopic (exact) mass is 352 g/mol. The molecule has 0 N–H and O–H groups in total. The number of benzene rings is 1. The van der Waals surface area contributed by atoms with Crippen molar-refractivity contribution in [2.24, 2.45) is 0 Å². The first-order valence-corrected chi connectivity index (χ1v) is 27.4. The van der Waals surface area contributed by atoms with E-state index in [1.165, 1.54) is 0 Å². The molecule has 1 aromatic rings. The van der Waals surface area contributed by atoms with Crippen molar-refractivity contribution < 1.29 is 0 Å². The van der Waals surface area contributed by atoms with Gasteiger partial charge in [-0.25, -0.2) is 0 Å². The minimum absolute atomic E-state index is 1.05. The molecule has 1 saturated heterocycles. The van der Waals surface area contributed by atoms with Crippen molar-refractivity contribution >= 4 is 40.7 Å². The molecule has 0 atom stereocenters. The Hall–Kier alpha value is 0.304. The Morgan fingerprint density at radius 3 is 1.20 bits per heavy atom. The largest absolute Gasteiger partial charge is 0.0735 e. The summed E-state index contributed by atoms with van der Waals surface area (Å²) in [6.45, 7) is 25.2. The van der Waals surface area contributed by atoms with E-state index in [9.17, 15) is 0 Å². The maximum atomic E-state index is 2.82. The summed E-state index contributed by atoms with van der Waals surface area (Å²) >= 11 is 0. The fourth-order valence-corrected chi connectivity index (χ4v) is 207. The van der Waals surface area contributed by atoms with Gasteiger partial charge in [0.15, 0.2) is 0 Å². The zero-order valence-electron chi connectivity index (χ0n) is 14.9. The molecule has 0 unspecified atom stereocenters. The number of hydrogen-bond donors (Lipinski definition) is 0. The molecular weight excluding hydrogens is 321 g/mol. The first-order valence-electron chi connectivity index (χ1n) is 7.91. The second kappa shape index (κ2) is 4.41. The van der Waals surface area contributed by atoms with Crippen LogP contribution in [-0.2, 0) is 0 Å². The molecule has 0 spiro atoms. The first kappa shape index (κ1) is 16.7. The summed E-state index contributed by atoms with van der Waals surface area (Å²) in [6.07, 6.45) is 0. The van der Waals surface area contributed by atoms with E-state index >= 15 is 0 Å². The van der Waals surface area contributed by atoms with Gasteiger partial charge in [-0.05, 0) is 0 Å². The van der Waals surface area contributed by atoms with Crippen molar-refractivity contribution in [2.75, 3.05) is 0 Å². The third-order valence-corrected chi connectivity index (χ3v) is 135. The Morgan fingerprint density at radius 1 is 0.500 bits per heavy atom. The van der Waals surface area contributed by atoms with E-state index in [1.54, 1.807) is 0 Å². The third-order valence-electron chi connectivity index (χ3n) is 8.54. The molecule has 1 fully saturated rings. The van der Waals surface area contributed by atoms with E-state index in [2.05, 4.69) is 89.3 Å². The lowest BCUT2D eigenvalue weighted by Gasteiger charge is -2.47. The minimum atomic E-state index is -1.29. The Labute approximate surface area is 130 Å². The molecule has 0 amide bonds. The first-order chi connectivity index (χ1) is 8.86. The van der Waals surface area contributed by atoms with E-state index in [-0.39, 0.29) is 0 Å². The van der Waals surface area contributed by atoms with Crippen LogP contribution in [0.5, 0.6) is 0 Å². The molecule has 5 heteroatoms. The third kappa shape index (κ3) is 1.56. The summed E-state index contributed by atoms with van der Waals surface area (Å²) in [5.41, 5.74) is 0. The topological polar surface area (TPSA) is 0 Å². The van der Waals surface area contributed by atoms with Crippen LogP contribution in [0.25, 0.3) is 0 Å². The van der Waals surface area contributed by atoms with Gasteiger partial charge in [0.25, 0.3) is 0 Å². The molecule has 2 rings (SSSR count). The van der Waals surface area contributed by atoms with Gasteiger partial charge in [-0.15, -0.1) is 0 Å². The summed E-state index contributed by atoms with van der Waals surface area (Å²) in [7, 11) is -5.65. The maximum Gasteiger partial charge on any atom is 0.0657 e. The molecule has 1 aliphatic heterocycles. The molecule has 0 saturated carbocycles. The Bertz CT molecular complexity index is 490. The lowest BCUT2D eigenvalue weighted by atomic mass is 10.4. The highest BCUT2D eigenvalue weighted by Crippen LogP contribution is 2.50. The van der Waals surface area contributed by atoms with Gasteiger partial charge in [-0.1, -0.05) is 94.4 Å². The van der Waals surface area contributed by atoms with Gasteiger partial charge in [0.2, 0.25) is 0 Å². The summed E-state index contributed by atoms with van der Waals surface area (Å²) < 4.78 is 0. The summed E-state index contributed by atoms with van der Waals surface area (Å²) in [5.74, 6) is 0. The molecule has 20 heavy (non-hydrogen) atoms. The lowest BCUT2D eigenvalue weighted by Crippen LogP contribution is -2.77. The summed E-state index contributed by atoms with van der Waals surface area (Å²) in [4.78, 5) is 0. The van der Waals surface area contributed by atoms with E-state index in [1.807, 2.05) is 5.19 Å². The molecule has 0 aliphatic carbocycles. The fraction of sp³-hybridized carbons (Fsp3) is 0.600. The van der Waals surface area contributed by atoms with E-state index in [0.717, 1.165) is 0 Å². The predicted molar refractivity (Wildman–Crippen MR) is 108 cm³/mol. The van der Waals surface area contributed by atoms with Gasteiger partial charge in [-0.3, -0.25) is 0 Å².